The van der Waals surface area contributed by atoms with E-state index < -0.39 is 12.0 Å². The Morgan fingerprint density at radius 3 is 2.44 bits per heavy atom. The molecule has 0 saturated heterocycles. The molecule has 1 amide bonds. The number of aliphatic hydroxyl groups is 1. The molecule has 0 aromatic heterocycles. The van der Waals surface area contributed by atoms with Crippen LogP contribution < -0.4 is 5.32 Å². The molecule has 1 heterocycles. The summed E-state index contributed by atoms with van der Waals surface area (Å²) in [4.78, 5) is 36.7. The summed E-state index contributed by atoms with van der Waals surface area (Å²) in [7, 11) is 3.37. The third kappa shape index (κ3) is 15.8. The van der Waals surface area contributed by atoms with Gasteiger partial charge in [-0.05, 0) is 57.8 Å². The average molecular weight is 632 g/mol. The summed E-state index contributed by atoms with van der Waals surface area (Å²) in [5.74, 6) is -0.0817. The fraction of sp³-hybridized carbons (Fsp3) is 0.571. The standard InChI is InChI=1S/C35H53NO5S2/c1-23(19-25(3)13-15-31-27(5)14-16-33(38)41-31)11-10-12-24(2)20-28(6)34(39)30(8)35(40)29(7)21-26(4)22-32(37)36-17-18-43-42-9/h10,12-16,19-20,22-23,27-31,35,40H,11,17-18,21H2,1-9H3,(H,36,37)/t23?,27-,28?,29?,30?,31-,35+/m0/s1. The number of carbonyl (C=O) groups excluding carboxylic acids is 3. The highest BCUT2D eigenvalue weighted by Gasteiger charge is 2.29. The van der Waals surface area contributed by atoms with Gasteiger partial charge in [-0.25, -0.2) is 4.79 Å². The summed E-state index contributed by atoms with van der Waals surface area (Å²) in [6.45, 7) is 16.3. The minimum Gasteiger partial charge on any atom is -0.454 e. The summed E-state index contributed by atoms with van der Waals surface area (Å²) in [5.41, 5.74) is 3.00. The maximum atomic E-state index is 13.1. The Morgan fingerprint density at radius 2 is 1.77 bits per heavy atom. The van der Waals surface area contributed by atoms with Crippen molar-refractivity contribution in [1.29, 1.82) is 0 Å². The maximum absolute atomic E-state index is 13.1. The molecule has 0 spiro atoms. The van der Waals surface area contributed by atoms with Crippen LogP contribution in [-0.2, 0) is 19.1 Å². The summed E-state index contributed by atoms with van der Waals surface area (Å²) in [6.07, 6.45) is 19.6. The average Bonchev–Trinajstić information content (AvgIpc) is 2.94. The molecule has 43 heavy (non-hydrogen) atoms. The smallest absolute Gasteiger partial charge is 0.331 e. The Labute approximate surface area is 268 Å². The number of carbonyl (C=O) groups is 3. The van der Waals surface area contributed by atoms with E-state index in [1.54, 1.807) is 34.6 Å². The molecule has 1 aliphatic rings. The fourth-order valence-electron chi connectivity index (χ4n) is 4.99. The predicted octanol–water partition coefficient (Wildman–Crippen LogP) is 7.44. The van der Waals surface area contributed by atoms with E-state index in [0.29, 0.717) is 18.9 Å². The van der Waals surface area contributed by atoms with Gasteiger partial charge in [0.25, 0.3) is 0 Å². The topological polar surface area (TPSA) is 92.7 Å². The molecular formula is C35H53NO5S2. The van der Waals surface area contributed by atoms with Crippen LogP contribution in [0.1, 0.15) is 68.2 Å². The lowest BCUT2D eigenvalue weighted by molar-refractivity contribution is -0.143. The van der Waals surface area contributed by atoms with Gasteiger partial charge in [0.2, 0.25) is 5.91 Å². The van der Waals surface area contributed by atoms with E-state index in [9.17, 15) is 19.5 Å². The van der Waals surface area contributed by atoms with Crippen LogP contribution in [0, 0.1) is 29.6 Å². The van der Waals surface area contributed by atoms with Gasteiger partial charge in [-0.1, -0.05) is 109 Å². The Morgan fingerprint density at radius 1 is 1.09 bits per heavy atom. The van der Waals surface area contributed by atoms with E-state index in [0.717, 1.165) is 28.9 Å². The third-order valence-corrected chi connectivity index (χ3v) is 9.23. The van der Waals surface area contributed by atoms with Crippen LogP contribution >= 0.6 is 21.6 Å². The van der Waals surface area contributed by atoms with Crippen molar-refractivity contribution in [1.82, 2.24) is 5.32 Å². The number of rotatable bonds is 18. The number of amides is 1. The number of aliphatic hydroxyl groups excluding tert-OH is 1. The van der Waals surface area contributed by atoms with Crippen molar-refractivity contribution in [3.05, 3.63) is 71.4 Å². The summed E-state index contributed by atoms with van der Waals surface area (Å²) in [5, 5.41) is 13.8. The number of hydrogen-bond donors (Lipinski definition) is 2. The van der Waals surface area contributed by atoms with E-state index in [1.807, 2.05) is 78.2 Å². The monoisotopic (exact) mass is 631 g/mol. The molecule has 0 fully saturated rings. The minimum atomic E-state index is -0.793. The molecule has 240 valence electrons. The molecule has 0 aliphatic carbocycles. The molecule has 0 bridgehead atoms. The van der Waals surface area contributed by atoms with Crippen molar-refractivity contribution in [2.24, 2.45) is 29.6 Å². The number of ether oxygens (including phenoxy) is 1. The second-order valence-electron chi connectivity index (χ2n) is 11.8. The number of hydrogen-bond acceptors (Lipinski definition) is 7. The molecule has 2 N–H and O–H groups in total. The van der Waals surface area contributed by atoms with E-state index in [-0.39, 0.29) is 41.5 Å². The van der Waals surface area contributed by atoms with Gasteiger partial charge in [0.15, 0.2) is 0 Å². The van der Waals surface area contributed by atoms with Gasteiger partial charge in [-0.15, -0.1) is 0 Å². The first-order chi connectivity index (χ1) is 20.2. The number of Topliss-reactive ketones (excluding diaryl/α,β-unsaturated/α-hetero) is 1. The lowest BCUT2D eigenvalue weighted by Gasteiger charge is -2.25. The highest BCUT2D eigenvalue weighted by molar-refractivity contribution is 8.76. The molecule has 1 aliphatic heterocycles. The van der Waals surface area contributed by atoms with Gasteiger partial charge >= 0.3 is 5.97 Å². The van der Waals surface area contributed by atoms with Crippen molar-refractivity contribution in [2.45, 2.75) is 80.4 Å². The first kappa shape index (κ1) is 38.7. The third-order valence-electron chi connectivity index (χ3n) is 7.42. The van der Waals surface area contributed by atoms with Crippen LogP contribution in [0.5, 0.6) is 0 Å². The first-order valence-electron chi connectivity index (χ1n) is 15.2. The van der Waals surface area contributed by atoms with Gasteiger partial charge in [0.1, 0.15) is 11.9 Å². The predicted molar refractivity (Wildman–Crippen MR) is 184 cm³/mol. The van der Waals surface area contributed by atoms with Crippen molar-refractivity contribution >= 4 is 39.2 Å². The molecule has 0 aromatic rings. The van der Waals surface area contributed by atoms with Crippen LogP contribution in [-0.4, -0.2) is 53.5 Å². The number of esters is 1. The fourth-order valence-corrected chi connectivity index (χ4v) is 6.09. The SMILES string of the molecule is CSSCCNC(=O)C=C(C)CC(C)[C@@H](O)C(C)C(=O)C(C)C=C(C)C=CCC(C)C=C(C)C=C[C@@H]1OC(=O)C=C[C@@H]1C. The van der Waals surface area contributed by atoms with Gasteiger partial charge in [-0.3, -0.25) is 9.59 Å². The van der Waals surface area contributed by atoms with Crippen molar-refractivity contribution in [3.63, 3.8) is 0 Å². The highest BCUT2D eigenvalue weighted by Crippen LogP contribution is 2.24. The Balaban J connectivity index is 2.60. The molecule has 6 nitrogen and oxygen atoms in total. The lowest BCUT2D eigenvalue weighted by Crippen LogP contribution is -2.34. The van der Waals surface area contributed by atoms with Gasteiger partial charge < -0.3 is 15.2 Å². The van der Waals surface area contributed by atoms with Crippen LogP contribution in [0.2, 0.25) is 0 Å². The van der Waals surface area contributed by atoms with Crippen molar-refractivity contribution in [3.8, 4) is 0 Å². The van der Waals surface area contributed by atoms with Crippen LogP contribution in [0.3, 0.4) is 0 Å². The maximum Gasteiger partial charge on any atom is 0.331 e. The highest BCUT2D eigenvalue weighted by atomic mass is 33.1. The zero-order valence-electron chi connectivity index (χ0n) is 27.5. The van der Waals surface area contributed by atoms with E-state index in [1.165, 1.54) is 6.08 Å². The van der Waals surface area contributed by atoms with E-state index in [4.69, 9.17) is 4.74 Å². The quantitative estimate of drug-likeness (QED) is 0.0534. The van der Waals surface area contributed by atoms with Crippen LogP contribution in [0.15, 0.2) is 71.4 Å². The minimum absolute atomic E-state index is 0.00457. The van der Waals surface area contributed by atoms with Crippen molar-refractivity contribution < 1.29 is 24.2 Å². The molecule has 0 radical (unpaired) electrons. The summed E-state index contributed by atoms with van der Waals surface area (Å²) in [6, 6.07) is 0. The number of nitrogens with one attached hydrogen (secondary N) is 1. The second-order valence-corrected chi connectivity index (χ2v) is 14.5. The van der Waals surface area contributed by atoms with Crippen molar-refractivity contribution in [2.75, 3.05) is 18.6 Å². The van der Waals surface area contributed by atoms with E-state index >= 15 is 0 Å². The number of ketones is 1. The molecule has 8 heteroatoms. The van der Waals surface area contributed by atoms with E-state index in [2.05, 4.69) is 24.4 Å². The number of allylic oxidation sites excluding steroid dienone is 8. The Kier molecular flexibility index (Phi) is 18.6. The summed E-state index contributed by atoms with van der Waals surface area (Å²) >= 11 is 0. The Bertz CT molecular complexity index is 1100. The lowest BCUT2D eigenvalue weighted by atomic mass is 9.83. The van der Waals surface area contributed by atoms with Crippen LogP contribution in [0.4, 0.5) is 0 Å². The summed E-state index contributed by atoms with van der Waals surface area (Å²) < 4.78 is 5.37. The number of cyclic esters (lactones) is 1. The first-order valence-corrected chi connectivity index (χ1v) is 17.9. The molecule has 4 unspecified atom stereocenters. The Hall–Kier alpha value is -2.29. The largest absolute Gasteiger partial charge is 0.454 e. The zero-order valence-corrected chi connectivity index (χ0v) is 29.1. The normalized spacial score (nSPS) is 21.9. The molecule has 0 saturated carbocycles. The molecular weight excluding hydrogens is 579 g/mol. The zero-order chi connectivity index (χ0) is 32.5. The van der Waals surface area contributed by atoms with Gasteiger partial charge in [0, 0.05) is 42.2 Å². The molecule has 1 rings (SSSR count). The van der Waals surface area contributed by atoms with Gasteiger partial charge in [-0.2, -0.15) is 0 Å². The van der Waals surface area contributed by atoms with Gasteiger partial charge in [0.05, 0.1) is 6.10 Å². The molecule has 7 atom stereocenters. The van der Waals surface area contributed by atoms with Crippen LogP contribution in [0.25, 0.3) is 0 Å². The second kappa shape index (κ2) is 20.6. The molecule has 0 aromatic carbocycles.